The molecule has 1 fully saturated rings. The molecule has 0 saturated carbocycles. The van der Waals surface area contributed by atoms with Gasteiger partial charge in [-0.3, -0.25) is 4.79 Å². The summed E-state index contributed by atoms with van der Waals surface area (Å²) in [6, 6.07) is 49.2. The van der Waals surface area contributed by atoms with E-state index in [0.29, 0.717) is 36.0 Å². The third-order valence-corrected chi connectivity index (χ3v) is 9.90. The Morgan fingerprint density at radius 1 is 0.592 bits per heavy atom. The lowest BCUT2D eigenvalue weighted by molar-refractivity contribution is -0.260. The van der Waals surface area contributed by atoms with E-state index in [9.17, 15) is 4.79 Å². The van der Waals surface area contributed by atoms with Crippen molar-refractivity contribution >= 4 is 23.3 Å². The smallest absolute Gasteiger partial charge is 0.215 e. The molecule has 0 bridgehead atoms. The van der Waals surface area contributed by atoms with E-state index in [2.05, 4.69) is 0 Å². The molecule has 2 aliphatic heterocycles. The van der Waals surface area contributed by atoms with Crippen LogP contribution in [-0.2, 0) is 43.5 Å². The van der Waals surface area contributed by atoms with Crippen LogP contribution in [0.4, 0.5) is 0 Å². The van der Waals surface area contributed by atoms with Crippen LogP contribution < -0.4 is 0 Å². The zero-order valence-electron chi connectivity index (χ0n) is 27.0. The number of hydrogen-bond donors (Lipinski definition) is 0. The maximum absolute atomic E-state index is 14.2. The van der Waals surface area contributed by atoms with Crippen molar-refractivity contribution in [3.8, 4) is 0 Å². The molecule has 0 aromatic heterocycles. The zero-order chi connectivity index (χ0) is 33.3. The van der Waals surface area contributed by atoms with E-state index in [1.807, 2.05) is 152 Å². The van der Waals surface area contributed by atoms with Crippen LogP contribution in [0.3, 0.4) is 0 Å². The molecule has 0 unspecified atom stereocenters. The molecule has 0 radical (unpaired) electrons. The number of ether oxygens (including phenoxy) is 5. The van der Waals surface area contributed by atoms with Gasteiger partial charge in [-0.25, -0.2) is 0 Å². The topological polar surface area (TPSA) is 63.2 Å². The number of Topliss-reactive ketones (excluding diaryl/α,β-unsaturated/α-hetero) is 1. The summed E-state index contributed by atoms with van der Waals surface area (Å²) in [7, 11) is 0. The van der Waals surface area contributed by atoms with E-state index in [0.717, 1.165) is 22.3 Å². The van der Waals surface area contributed by atoms with Gasteiger partial charge in [0, 0.05) is 11.1 Å². The van der Waals surface area contributed by atoms with Gasteiger partial charge in [0.15, 0.2) is 0 Å². The number of carbonyl (C=O) groups is 1. The molecule has 0 aliphatic carbocycles. The highest BCUT2D eigenvalue weighted by Gasteiger charge is 2.52. The van der Waals surface area contributed by atoms with Crippen molar-refractivity contribution in [1.82, 2.24) is 0 Å². The van der Waals surface area contributed by atoms with Crippen LogP contribution in [0.1, 0.15) is 32.6 Å². The molecule has 7 heteroatoms. The van der Waals surface area contributed by atoms with Crippen LogP contribution in [-0.4, -0.2) is 42.2 Å². The minimum absolute atomic E-state index is 0.111. The molecule has 49 heavy (non-hydrogen) atoms. The number of benzene rings is 5. The van der Waals surface area contributed by atoms with Crippen molar-refractivity contribution in [3.63, 3.8) is 0 Å². The van der Waals surface area contributed by atoms with Crippen molar-refractivity contribution < 1.29 is 28.5 Å². The number of ketones is 1. The minimum atomic E-state index is -0.727. The summed E-state index contributed by atoms with van der Waals surface area (Å²) in [4.78, 5) is 14.7. The Balaban J connectivity index is 1.24. The lowest BCUT2D eigenvalue weighted by Gasteiger charge is -2.48. The van der Waals surface area contributed by atoms with Gasteiger partial charge in [-0.05, 0) is 16.7 Å². The molecule has 1 saturated heterocycles. The molecule has 5 atom stereocenters. The van der Waals surface area contributed by atoms with E-state index >= 15 is 0 Å². The minimum Gasteiger partial charge on any atom is -0.462 e. The van der Waals surface area contributed by atoms with E-state index < -0.39 is 29.9 Å². The maximum Gasteiger partial charge on any atom is 0.215 e. The third kappa shape index (κ3) is 8.21. The Morgan fingerprint density at radius 2 is 1.08 bits per heavy atom. The average Bonchev–Trinajstić information content (AvgIpc) is 3.17. The second-order valence-corrected chi connectivity index (χ2v) is 13.2. The number of allylic oxidation sites excluding steroid dienone is 1. The quantitative estimate of drug-likeness (QED) is 0.117. The Bertz CT molecular complexity index is 1800. The number of fused-ring (bicyclic) bond motifs is 1. The highest BCUT2D eigenvalue weighted by Crippen LogP contribution is 2.47. The molecule has 248 valence electrons. The molecular formula is C42H38O6S. The first kappa shape index (κ1) is 33.0. The molecule has 5 aromatic rings. The van der Waals surface area contributed by atoms with E-state index in [1.165, 1.54) is 11.8 Å². The van der Waals surface area contributed by atoms with Gasteiger partial charge < -0.3 is 23.7 Å². The summed E-state index contributed by atoms with van der Waals surface area (Å²) < 4.78 is 33.3. The molecule has 5 aromatic carbocycles. The van der Waals surface area contributed by atoms with Crippen LogP contribution in [0.2, 0.25) is 0 Å². The second-order valence-electron chi connectivity index (χ2n) is 12.0. The molecule has 0 spiro atoms. The van der Waals surface area contributed by atoms with Crippen molar-refractivity contribution in [2.75, 3.05) is 6.61 Å². The number of rotatable bonds is 13. The Morgan fingerprint density at radius 3 is 1.65 bits per heavy atom. The zero-order valence-corrected chi connectivity index (χ0v) is 27.8. The largest absolute Gasteiger partial charge is 0.462 e. The van der Waals surface area contributed by atoms with Gasteiger partial charge in [-0.2, -0.15) is 0 Å². The van der Waals surface area contributed by atoms with Crippen molar-refractivity contribution in [1.29, 1.82) is 0 Å². The monoisotopic (exact) mass is 670 g/mol. The molecule has 0 N–H and O–H groups in total. The summed E-state index contributed by atoms with van der Waals surface area (Å²) in [6.07, 6.45) is -2.27. The maximum atomic E-state index is 14.2. The van der Waals surface area contributed by atoms with Crippen LogP contribution in [0.25, 0.3) is 5.76 Å². The van der Waals surface area contributed by atoms with Gasteiger partial charge >= 0.3 is 0 Å². The van der Waals surface area contributed by atoms with E-state index in [4.69, 9.17) is 23.7 Å². The molecule has 2 aliphatic rings. The van der Waals surface area contributed by atoms with E-state index in [1.54, 1.807) is 0 Å². The highest BCUT2D eigenvalue weighted by atomic mass is 32.2. The molecule has 7 rings (SSSR count). The van der Waals surface area contributed by atoms with Crippen molar-refractivity contribution in [2.24, 2.45) is 0 Å². The van der Waals surface area contributed by atoms with Crippen molar-refractivity contribution in [2.45, 2.75) is 49.7 Å². The first-order valence-electron chi connectivity index (χ1n) is 16.5. The fourth-order valence-corrected chi connectivity index (χ4v) is 7.42. The summed E-state index contributed by atoms with van der Waals surface area (Å²) in [5, 5.41) is -0.412. The molecule has 2 heterocycles. The lowest BCUT2D eigenvalue weighted by Crippen LogP contribution is -2.60. The number of hydrogen-bond acceptors (Lipinski definition) is 7. The van der Waals surface area contributed by atoms with Crippen LogP contribution in [0, 0.1) is 0 Å². The molecule has 0 amide bonds. The first-order chi connectivity index (χ1) is 24.2. The van der Waals surface area contributed by atoms with Gasteiger partial charge in [0.1, 0.15) is 29.3 Å². The SMILES string of the molecule is O=C(C1=C(c2ccccc2)O[C@H]2O[C@H](COCc3ccccc3)[C@@H](OCc3ccccc3)[C@H](OCc3ccccc3)[C@H]2S1)c1ccccc1. The number of thioether (sulfide) groups is 1. The van der Waals surface area contributed by atoms with Gasteiger partial charge in [0.2, 0.25) is 12.1 Å². The molecular weight excluding hydrogens is 633 g/mol. The van der Waals surface area contributed by atoms with Crippen LogP contribution in [0.15, 0.2) is 157 Å². The Kier molecular flexibility index (Phi) is 11.0. The highest BCUT2D eigenvalue weighted by molar-refractivity contribution is 8.05. The predicted molar refractivity (Wildman–Crippen MR) is 191 cm³/mol. The van der Waals surface area contributed by atoms with E-state index in [-0.39, 0.29) is 12.4 Å². The van der Waals surface area contributed by atoms with Gasteiger partial charge in [-0.1, -0.05) is 152 Å². The van der Waals surface area contributed by atoms with Crippen LogP contribution >= 0.6 is 11.8 Å². The summed E-state index contributed by atoms with van der Waals surface area (Å²) >= 11 is 1.45. The summed E-state index contributed by atoms with van der Waals surface area (Å²) in [5.74, 6) is 0.384. The second kappa shape index (κ2) is 16.3. The summed E-state index contributed by atoms with van der Waals surface area (Å²) in [5.41, 5.74) is 4.53. The summed E-state index contributed by atoms with van der Waals surface area (Å²) in [6.45, 7) is 1.40. The first-order valence-corrected chi connectivity index (χ1v) is 17.4. The average molecular weight is 671 g/mol. The Hall–Kier alpha value is -4.50. The van der Waals surface area contributed by atoms with Gasteiger partial charge in [0.05, 0.1) is 31.3 Å². The predicted octanol–water partition coefficient (Wildman–Crippen LogP) is 8.48. The van der Waals surface area contributed by atoms with Crippen LogP contribution in [0.5, 0.6) is 0 Å². The standard InChI is InChI=1S/C42H38O6S/c43-36(33-22-12-4-13-23-33)40-37(34-24-14-5-15-25-34)48-42-41(49-40)39(46-28-32-20-10-3-11-21-32)38(45-27-31-18-8-2-9-19-31)35(47-42)29-44-26-30-16-6-1-7-17-30/h1-25,35,38-39,41-42H,26-29H2/t35-,38-,39+,41-,42-/m1/s1. The Labute approximate surface area is 291 Å². The lowest BCUT2D eigenvalue weighted by atomic mass is 9.99. The number of carbonyl (C=O) groups excluding carboxylic acids is 1. The van der Waals surface area contributed by atoms with Crippen molar-refractivity contribution in [3.05, 3.63) is 184 Å². The normalized spacial score (nSPS) is 21.8. The fourth-order valence-electron chi connectivity index (χ4n) is 6.05. The fraction of sp³-hybridized carbons (Fsp3) is 0.214. The third-order valence-electron chi connectivity index (χ3n) is 8.53. The van der Waals surface area contributed by atoms with Gasteiger partial charge in [-0.15, -0.1) is 11.8 Å². The molecule has 6 nitrogen and oxygen atoms in total. The van der Waals surface area contributed by atoms with Gasteiger partial charge in [0.25, 0.3) is 0 Å².